The second-order valence-corrected chi connectivity index (χ2v) is 6.48. The molecule has 21 heavy (non-hydrogen) atoms. The minimum absolute atomic E-state index is 0.0700. The number of anilines is 1. The lowest BCUT2D eigenvalue weighted by molar-refractivity contribution is -0.122. The first-order chi connectivity index (χ1) is 10.1. The molecule has 0 saturated carbocycles. The van der Waals surface area contributed by atoms with Crippen LogP contribution in [0.15, 0.2) is 23.1 Å². The number of methoxy groups -OCH3 is 1. The van der Waals surface area contributed by atoms with Gasteiger partial charge in [0.15, 0.2) is 0 Å². The first-order valence-electron chi connectivity index (χ1n) is 7.36. The summed E-state index contributed by atoms with van der Waals surface area (Å²) in [7, 11) is 1.66. The third kappa shape index (κ3) is 4.20. The number of nitrogens with zero attached hydrogens (tertiary/aromatic N) is 1. The Kier molecular flexibility index (Phi) is 6.06. The molecule has 116 valence electrons. The van der Waals surface area contributed by atoms with Crippen LogP contribution in [0.1, 0.15) is 26.2 Å². The van der Waals surface area contributed by atoms with E-state index in [1.54, 1.807) is 29.8 Å². The van der Waals surface area contributed by atoms with Gasteiger partial charge < -0.3 is 9.64 Å². The fourth-order valence-corrected chi connectivity index (χ4v) is 3.48. The van der Waals surface area contributed by atoms with Crippen molar-refractivity contribution in [3.05, 3.63) is 24.0 Å². The van der Waals surface area contributed by atoms with Crippen molar-refractivity contribution >= 4 is 23.4 Å². The first kappa shape index (κ1) is 16.3. The smallest absolute Gasteiger partial charge is 0.229 e. The number of thioether (sulfide) groups is 1. The van der Waals surface area contributed by atoms with Crippen LogP contribution in [0.5, 0.6) is 0 Å². The number of halogens is 1. The van der Waals surface area contributed by atoms with Crippen LogP contribution in [0.25, 0.3) is 0 Å². The third-order valence-corrected chi connectivity index (χ3v) is 4.82. The summed E-state index contributed by atoms with van der Waals surface area (Å²) in [6.07, 6.45) is 2.58. The average Bonchev–Trinajstić information content (AvgIpc) is 2.68. The van der Waals surface area contributed by atoms with Gasteiger partial charge in [0.05, 0.1) is 5.69 Å². The van der Waals surface area contributed by atoms with E-state index in [1.165, 1.54) is 12.1 Å². The van der Waals surface area contributed by atoms with Crippen molar-refractivity contribution in [2.75, 3.05) is 30.9 Å². The lowest BCUT2D eigenvalue weighted by Gasteiger charge is -2.25. The summed E-state index contributed by atoms with van der Waals surface area (Å²) >= 11 is 1.69. The van der Waals surface area contributed by atoms with E-state index < -0.39 is 0 Å². The number of carbonyl (C=O) groups excluding carboxylic acids is 1. The van der Waals surface area contributed by atoms with Crippen LogP contribution in [0, 0.1) is 11.7 Å². The largest absolute Gasteiger partial charge is 0.385 e. The molecular formula is C16H22FNO2S. The van der Waals surface area contributed by atoms with Gasteiger partial charge in [-0.15, -0.1) is 11.8 Å². The maximum absolute atomic E-state index is 13.5. The highest BCUT2D eigenvalue weighted by atomic mass is 32.2. The Bertz CT molecular complexity index is 495. The molecule has 1 unspecified atom stereocenters. The molecule has 5 heteroatoms. The summed E-state index contributed by atoms with van der Waals surface area (Å²) in [5.41, 5.74) is 0.723. The standard InChI is InChI=1S/C16H22FNO2S/c1-12(5-3-9-20-2)16(19)18-8-4-10-21-15-7-6-13(17)11-14(15)18/h6-7,11-12H,3-5,8-10H2,1-2H3. The summed E-state index contributed by atoms with van der Waals surface area (Å²) in [6.45, 7) is 3.27. The molecule has 0 fully saturated rings. The lowest BCUT2D eigenvalue weighted by atomic mass is 10.0. The Balaban J connectivity index is 2.15. The van der Waals surface area contributed by atoms with Gasteiger partial charge in [0.2, 0.25) is 5.91 Å². The molecule has 1 heterocycles. The highest BCUT2D eigenvalue weighted by molar-refractivity contribution is 7.99. The Morgan fingerprint density at radius 2 is 2.33 bits per heavy atom. The molecule has 1 atom stereocenters. The maximum atomic E-state index is 13.5. The van der Waals surface area contributed by atoms with Crippen molar-refractivity contribution in [1.82, 2.24) is 0 Å². The fourth-order valence-electron chi connectivity index (χ4n) is 2.50. The minimum Gasteiger partial charge on any atom is -0.385 e. The number of rotatable bonds is 5. The molecular weight excluding hydrogens is 289 g/mol. The highest BCUT2D eigenvalue weighted by Gasteiger charge is 2.25. The predicted molar refractivity (Wildman–Crippen MR) is 84.4 cm³/mol. The van der Waals surface area contributed by atoms with Gasteiger partial charge in [-0.25, -0.2) is 4.39 Å². The second kappa shape index (κ2) is 7.80. The van der Waals surface area contributed by atoms with E-state index >= 15 is 0 Å². The van der Waals surface area contributed by atoms with Crippen molar-refractivity contribution in [2.45, 2.75) is 31.1 Å². The molecule has 0 N–H and O–H groups in total. The molecule has 1 aromatic rings. The number of fused-ring (bicyclic) bond motifs is 1. The van der Waals surface area contributed by atoms with E-state index in [0.717, 1.165) is 35.6 Å². The van der Waals surface area contributed by atoms with Crippen molar-refractivity contribution in [1.29, 1.82) is 0 Å². The maximum Gasteiger partial charge on any atom is 0.229 e. The summed E-state index contributed by atoms with van der Waals surface area (Å²) < 4.78 is 18.6. The Morgan fingerprint density at radius 1 is 1.52 bits per heavy atom. The molecule has 1 aliphatic rings. The van der Waals surface area contributed by atoms with Gasteiger partial charge in [0, 0.05) is 31.1 Å². The summed E-state index contributed by atoms with van der Waals surface area (Å²) in [4.78, 5) is 15.4. The third-order valence-electron chi connectivity index (χ3n) is 3.67. The number of benzene rings is 1. The molecule has 1 aliphatic heterocycles. The van der Waals surface area contributed by atoms with E-state index in [2.05, 4.69) is 0 Å². The van der Waals surface area contributed by atoms with Crippen LogP contribution in [0.4, 0.5) is 10.1 Å². The first-order valence-corrected chi connectivity index (χ1v) is 8.34. The molecule has 3 nitrogen and oxygen atoms in total. The van der Waals surface area contributed by atoms with Crippen molar-refractivity contribution in [3.63, 3.8) is 0 Å². The lowest BCUT2D eigenvalue weighted by Crippen LogP contribution is -2.36. The van der Waals surface area contributed by atoms with Gasteiger partial charge in [-0.05, 0) is 43.2 Å². The van der Waals surface area contributed by atoms with Gasteiger partial charge in [0.25, 0.3) is 0 Å². The van der Waals surface area contributed by atoms with Gasteiger partial charge in [-0.2, -0.15) is 0 Å². The molecule has 0 aromatic heterocycles. The molecule has 2 rings (SSSR count). The SMILES string of the molecule is COCCCC(C)C(=O)N1CCCSc2ccc(F)cc21. The van der Waals surface area contributed by atoms with E-state index in [4.69, 9.17) is 4.74 Å². The number of hydrogen-bond acceptors (Lipinski definition) is 3. The van der Waals surface area contributed by atoms with Crippen LogP contribution in [-0.4, -0.2) is 31.9 Å². The Labute approximate surface area is 129 Å². The van der Waals surface area contributed by atoms with Crippen molar-refractivity contribution in [2.24, 2.45) is 5.92 Å². The van der Waals surface area contributed by atoms with Gasteiger partial charge in [-0.3, -0.25) is 4.79 Å². The number of hydrogen-bond donors (Lipinski definition) is 0. The summed E-state index contributed by atoms with van der Waals surface area (Å²) in [6, 6.07) is 4.71. The van der Waals surface area contributed by atoms with E-state index in [1.807, 2.05) is 6.92 Å². The normalized spacial score (nSPS) is 16.2. The number of carbonyl (C=O) groups is 1. The molecule has 0 radical (unpaired) electrons. The van der Waals surface area contributed by atoms with Crippen molar-refractivity contribution < 1.29 is 13.9 Å². The van der Waals surface area contributed by atoms with E-state index in [0.29, 0.717) is 13.2 Å². The zero-order valence-electron chi connectivity index (χ0n) is 12.6. The molecule has 1 amide bonds. The molecule has 0 saturated heterocycles. The van der Waals surface area contributed by atoms with Crippen LogP contribution in [-0.2, 0) is 9.53 Å². The number of ether oxygens (including phenoxy) is 1. The van der Waals surface area contributed by atoms with Gasteiger partial charge >= 0.3 is 0 Å². The molecule has 0 aliphatic carbocycles. The van der Waals surface area contributed by atoms with E-state index in [-0.39, 0.29) is 17.6 Å². The van der Waals surface area contributed by atoms with Crippen LogP contribution < -0.4 is 4.90 Å². The van der Waals surface area contributed by atoms with Gasteiger partial charge in [-0.1, -0.05) is 6.92 Å². The zero-order valence-corrected chi connectivity index (χ0v) is 13.4. The quantitative estimate of drug-likeness (QED) is 0.776. The Hall–Kier alpha value is -1.07. The highest BCUT2D eigenvalue weighted by Crippen LogP contribution is 2.35. The minimum atomic E-state index is -0.291. The van der Waals surface area contributed by atoms with Crippen LogP contribution >= 0.6 is 11.8 Å². The van der Waals surface area contributed by atoms with E-state index in [9.17, 15) is 9.18 Å². The van der Waals surface area contributed by atoms with Crippen LogP contribution in [0.3, 0.4) is 0 Å². The summed E-state index contributed by atoms with van der Waals surface area (Å²) in [5.74, 6) is 0.682. The topological polar surface area (TPSA) is 29.5 Å². The van der Waals surface area contributed by atoms with Crippen LogP contribution in [0.2, 0.25) is 0 Å². The Morgan fingerprint density at radius 3 is 3.10 bits per heavy atom. The fraction of sp³-hybridized carbons (Fsp3) is 0.562. The number of amides is 1. The zero-order chi connectivity index (χ0) is 15.2. The monoisotopic (exact) mass is 311 g/mol. The molecule has 0 bridgehead atoms. The summed E-state index contributed by atoms with van der Waals surface area (Å²) in [5, 5.41) is 0. The average molecular weight is 311 g/mol. The predicted octanol–water partition coefficient (Wildman–Crippen LogP) is 3.72. The van der Waals surface area contributed by atoms with Gasteiger partial charge in [0.1, 0.15) is 5.82 Å². The molecule has 1 aromatic carbocycles. The molecule has 0 spiro atoms. The van der Waals surface area contributed by atoms with Crippen molar-refractivity contribution in [3.8, 4) is 0 Å². The second-order valence-electron chi connectivity index (χ2n) is 5.34.